The minimum absolute atomic E-state index is 0.100. The van der Waals surface area contributed by atoms with Gasteiger partial charge in [-0.1, -0.05) is 6.07 Å². The summed E-state index contributed by atoms with van der Waals surface area (Å²) in [5.74, 6) is 2.13. The van der Waals surface area contributed by atoms with Crippen LogP contribution in [0.1, 0.15) is 16.0 Å². The van der Waals surface area contributed by atoms with Crippen molar-refractivity contribution in [2.45, 2.75) is 13.3 Å². The minimum atomic E-state index is -0.100. The van der Waals surface area contributed by atoms with Crippen LogP contribution in [0.5, 0.6) is 11.5 Å². The quantitative estimate of drug-likeness (QED) is 0.581. The summed E-state index contributed by atoms with van der Waals surface area (Å²) in [4.78, 5) is 25.0. The fraction of sp³-hybridized carbons (Fsp3) is 0.158. The third-order valence-corrected chi connectivity index (χ3v) is 5.76. The van der Waals surface area contributed by atoms with Crippen molar-refractivity contribution in [3.8, 4) is 22.9 Å². The van der Waals surface area contributed by atoms with Gasteiger partial charge in [-0.25, -0.2) is 4.98 Å². The number of nitrogens with one attached hydrogen (secondary N) is 2. The first-order valence-corrected chi connectivity index (χ1v) is 9.04. The molecule has 5 rings (SSSR count). The van der Waals surface area contributed by atoms with E-state index in [4.69, 9.17) is 9.47 Å². The lowest BCUT2D eigenvalue weighted by Gasteiger charge is -2.02. The summed E-state index contributed by atoms with van der Waals surface area (Å²) >= 11 is 1.56. The smallest absolute Gasteiger partial charge is 0.260 e. The molecular weight excluding hydrogens is 350 g/mol. The summed E-state index contributed by atoms with van der Waals surface area (Å²) in [6, 6.07) is 7.84. The number of thiophene rings is 1. The molecule has 1 aliphatic heterocycles. The van der Waals surface area contributed by atoms with Crippen LogP contribution in [0.4, 0.5) is 0 Å². The van der Waals surface area contributed by atoms with E-state index in [2.05, 4.69) is 15.0 Å². The number of fused-ring (bicyclic) bond motifs is 2. The molecule has 6 nitrogen and oxygen atoms in total. The van der Waals surface area contributed by atoms with Crippen molar-refractivity contribution < 1.29 is 9.47 Å². The Bertz CT molecular complexity index is 1170. The SMILES string of the molecule is Cc1c(Cc2ccc3c(c2)OCO3)sc2nc(-c3cc[nH]c3)[nH]c(=O)c12. The van der Waals surface area contributed by atoms with Crippen LogP contribution in [-0.2, 0) is 6.42 Å². The number of ether oxygens (including phenoxy) is 2. The van der Waals surface area contributed by atoms with Gasteiger partial charge >= 0.3 is 0 Å². The van der Waals surface area contributed by atoms with Gasteiger partial charge in [0.05, 0.1) is 5.39 Å². The van der Waals surface area contributed by atoms with Crippen LogP contribution in [0.2, 0.25) is 0 Å². The highest BCUT2D eigenvalue weighted by Gasteiger charge is 2.17. The van der Waals surface area contributed by atoms with Crippen molar-refractivity contribution in [2.75, 3.05) is 6.79 Å². The Labute approximate surface area is 152 Å². The van der Waals surface area contributed by atoms with Gasteiger partial charge in [0.25, 0.3) is 5.56 Å². The molecule has 2 N–H and O–H groups in total. The van der Waals surface area contributed by atoms with Crippen LogP contribution < -0.4 is 15.0 Å². The summed E-state index contributed by atoms with van der Waals surface area (Å²) in [6.07, 6.45) is 4.35. The fourth-order valence-electron chi connectivity index (χ4n) is 3.20. The number of benzene rings is 1. The van der Waals surface area contributed by atoms with Crippen LogP contribution in [0.3, 0.4) is 0 Å². The highest BCUT2D eigenvalue weighted by Crippen LogP contribution is 2.35. The monoisotopic (exact) mass is 365 g/mol. The Kier molecular flexibility index (Phi) is 3.36. The normalized spacial score (nSPS) is 12.8. The molecule has 0 bridgehead atoms. The van der Waals surface area contributed by atoms with E-state index in [1.807, 2.05) is 43.6 Å². The van der Waals surface area contributed by atoms with Gasteiger partial charge in [-0.15, -0.1) is 11.3 Å². The second-order valence-electron chi connectivity index (χ2n) is 6.21. The average Bonchev–Trinajstić information content (AvgIpc) is 3.36. The van der Waals surface area contributed by atoms with E-state index in [0.29, 0.717) is 11.2 Å². The Balaban J connectivity index is 1.57. The van der Waals surface area contributed by atoms with Crippen molar-refractivity contribution in [1.29, 1.82) is 0 Å². The summed E-state index contributed by atoms with van der Waals surface area (Å²) in [7, 11) is 0. The molecule has 0 saturated carbocycles. The molecule has 130 valence electrons. The van der Waals surface area contributed by atoms with E-state index >= 15 is 0 Å². The number of aryl methyl sites for hydroxylation is 1. The molecule has 3 aromatic heterocycles. The molecule has 4 aromatic rings. The van der Waals surface area contributed by atoms with E-state index in [1.165, 1.54) is 0 Å². The van der Waals surface area contributed by atoms with E-state index in [-0.39, 0.29) is 12.4 Å². The predicted octanol–water partition coefficient (Wildman–Crippen LogP) is 3.61. The number of aromatic amines is 2. The molecular formula is C19H15N3O3S. The van der Waals surface area contributed by atoms with Crippen LogP contribution in [0, 0.1) is 6.92 Å². The molecule has 0 aliphatic carbocycles. The van der Waals surface area contributed by atoms with Gasteiger partial charge < -0.3 is 19.4 Å². The number of aromatic nitrogens is 3. The molecule has 0 saturated heterocycles. The van der Waals surface area contributed by atoms with Crippen LogP contribution >= 0.6 is 11.3 Å². The molecule has 4 heterocycles. The van der Waals surface area contributed by atoms with Crippen molar-refractivity contribution >= 4 is 21.6 Å². The zero-order valence-corrected chi connectivity index (χ0v) is 14.8. The zero-order chi connectivity index (χ0) is 17.7. The number of hydrogen-bond donors (Lipinski definition) is 2. The Hall–Kier alpha value is -3.06. The second kappa shape index (κ2) is 5.74. The summed E-state index contributed by atoms with van der Waals surface area (Å²) in [5, 5.41) is 0.671. The Morgan fingerprint density at radius 3 is 2.96 bits per heavy atom. The van der Waals surface area contributed by atoms with Gasteiger partial charge in [-0.3, -0.25) is 4.79 Å². The van der Waals surface area contributed by atoms with Crippen molar-refractivity contribution in [2.24, 2.45) is 0 Å². The molecule has 0 spiro atoms. The van der Waals surface area contributed by atoms with Crippen molar-refractivity contribution in [1.82, 2.24) is 15.0 Å². The van der Waals surface area contributed by atoms with Gasteiger partial charge in [-0.2, -0.15) is 0 Å². The Morgan fingerprint density at radius 1 is 1.23 bits per heavy atom. The maximum absolute atomic E-state index is 12.6. The molecule has 1 aliphatic rings. The predicted molar refractivity (Wildman–Crippen MR) is 100 cm³/mol. The lowest BCUT2D eigenvalue weighted by atomic mass is 10.1. The van der Waals surface area contributed by atoms with E-state index in [1.54, 1.807) is 11.3 Å². The number of hydrogen-bond acceptors (Lipinski definition) is 5. The first kappa shape index (κ1) is 15.2. The van der Waals surface area contributed by atoms with E-state index < -0.39 is 0 Å². The number of nitrogens with zero attached hydrogens (tertiary/aromatic N) is 1. The van der Waals surface area contributed by atoms with E-state index in [0.717, 1.165) is 44.3 Å². The molecule has 0 radical (unpaired) electrons. The maximum Gasteiger partial charge on any atom is 0.260 e. The first-order valence-electron chi connectivity index (χ1n) is 8.23. The van der Waals surface area contributed by atoms with Gasteiger partial charge in [0.15, 0.2) is 11.5 Å². The first-order chi connectivity index (χ1) is 12.7. The van der Waals surface area contributed by atoms with Gasteiger partial charge in [0.2, 0.25) is 6.79 Å². The minimum Gasteiger partial charge on any atom is -0.454 e. The highest BCUT2D eigenvalue weighted by atomic mass is 32.1. The molecule has 0 unspecified atom stereocenters. The van der Waals surface area contributed by atoms with Crippen LogP contribution in [0.25, 0.3) is 21.6 Å². The lowest BCUT2D eigenvalue weighted by molar-refractivity contribution is 0.174. The van der Waals surface area contributed by atoms with Gasteiger partial charge in [-0.05, 0) is 36.2 Å². The molecule has 0 atom stereocenters. The molecule has 1 aromatic carbocycles. The maximum atomic E-state index is 12.6. The molecule has 26 heavy (non-hydrogen) atoms. The highest BCUT2D eigenvalue weighted by molar-refractivity contribution is 7.18. The van der Waals surface area contributed by atoms with Crippen molar-refractivity contribution in [3.63, 3.8) is 0 Å². The average molecular weight is 365 g/mol. The third kappa shape index (κ3) is 2.40. The van der Waals surface area contributed by atoms with Gasteiger partial charge in [0, 0.05) is 29.3 Å². The van der Waals surface area contributed by atoms with Crippen LogP contribution in [0.15, 0.2) is 41.5 Å². The number of H-pyrrole nitrogens is 2. The third-order valence-electron chi connectivity index (χ3n) is 4.57. The summed E-state index contributed by atoms with van der Waals surface area (Å²) in [6.45, 7) is 2.25. The molecule has 0 fully saturated rings. The zero-order valence-electron chi connectivity index (χ0n) is 14.0. The summed E-state index contributed by atoms with van der Waals surface area (Å²) in [5.41, 5.74) is 2.87. The lowest BCUT2D eigenvalue weighted by Crippen LogP contribution is -2.08. The van der Waals surface area contributed by atoms with Crippen molar-refractivity contribution in [3.05, 3.63) is 63.0 Å². The topological polar surface area (TPSA) is 80.0 Å². The fourth-order valence-corrected chi connectivity index (χ4v) is 4.41. The summed E-state index contributed by atoms with van der Waals surface area (Å²) < 4.78 is 10.8. The van der Waals surface area contributed by atoms with Crippen LogP contribution in [-0.4, -0.2) is 21.7 Å². The molecule has 7 heteroatoms. The standard InChI is InChI=1S/C19H15N3O3S/c1-10-15(7-11-2-3-13-14(6-11)25-9-24-13)26-19-16(10)18(23)21-17(22-19)12-4-5-20-8-12/h2-6,8,20H,7,9H2,1H3,(H,21,22,23). The Morgan fingerprint density at radius 2 is 2.12 bits per heavy atom. The second-order valence-corrected chi connectivity index (χ2v) is 7.29. The number of rotatable bonds is 3. The van der Waals surface area contributed by atoms with Gasteiger partial charge in [0.1, 0.15) is 10.7 Å². The molecule has 0 amide bonds. The van der Waals surface area contributed by atoms with E-state index in [9.17, 15) is 4.79 Å². The largest absolute Gasteiger partial charge is 0.454 e.